The van der Waals surface area contributed by atoms with Gasteiger partial charge in [-0.1, -0.05) is 44.4 Å². The number of epoxide rings is 1. The van der Waals surface area contributed by atoms with Gasteiger partial charge in [-0.05, 0) is 36.6 Å². The average Bonchev–Trinajstić information content (AvgIpc) is 3.45. The predicted molar refractivity (Wildman–Crippen MR) is 122 cm³/mol. The molecule has 2 unspecified atom stereocenters. The summed E-state index contributed by atoms with van der Waals surface area (Å²) in [6, 6.07) is 9.09. The number of benzene rings is 2. The summed E-state index contributed by atoms with van der Waals surface area (Å²) in [6.45, 7) is 1.97. The number of rotatable bonds is 6. The summed E-state index contributed by atoms with van der Waals surface area (Å²) in [4.78, 5) is 21.0. The molecule has 1 saturated carbocycles. The minimum atomic E-state index is -4.46. The lowest BCUT2D eigenvalue weighted by atomic mass is 9.95. The molecule has 34 heavy (non-hydrogen) atoms. The van der Waals surface area contributed by atoms with Crippen LogP contribution in [-0.4, -0.2) is 28.1 Å². The van der Waals surface area contributed by atoms with Gasteiger partial charge in [0.25, 0.3) is 5.91 Å². The van der Waals surface area contributed by atoms with Gasteiger partial charge in [-0.2, -0.15) is 13.2 Å². The Kier molecular flexibility index (Phi) is 5.97. The molecule has 3 aromatic rings. The van der Waals surface area contributed by atoms with Gasteiger partial charge >= 0.3 is 6.18 Å². The maximum atomic E-state index is 13.4. The first-order valence-electron chi connectivity index (χ1n) is 11.7. The highest BCUT2D eigenvalue weighted by Gasteiger charge is 2.46. The topological polar surface area (TPSA) is 82.3 Å². The van der Waals surface area contributed by atoms with Crippen molar-refractivity contribution in [2.45, 2.75) is 70.0 Å². The fourth-order valence-electron chi connectivity index (χ4n) is 4.73. The van der Waals surface area contributed by atoms with E-state index in [9.17, 15) is 18.0 Å². The third-order valence-electron chi connectivity index (χ3n) is 6.53. The Hall–Kier alpha value is -3.07. The van der Waals surface area contributed by atoms with Crippen LogP contribution >= 0.6 is 0 Å². The highest BCUT2D eigenvalue weighted by Crippen LogP contribution is 2.45. The normalized spacial score (nSPS) is 20.9. The number of H-pyrrole nitrogens is 1. The molecule has 1 aliphatic heterocycles. The van der Waals surface area contributed by atoms with Crippen LogP contribution < -0.4 is 10.6 Å². The molecular weight excluding hydrogens is 445 g/mol. The van der Waals surface area contributed by atoms with Crippen molar-refractivity contribution in [3.05, 3.63) is 58.9 Å². The van der Waals surface area contributed by atoms with Crippen molar-refractivity contribution in [3.63, 3.8) is 0 Å². The number of aryl methyl sites for hydroxylation is 1. The number of anilines is 1. The minimum Gasteiger partial charge on any atom is -0.358 e. The Morgan fingerprint density at radius 3 is 2.68 bits per heavy atom. The van der Waals surface area contributed by atoms with Gasteiger partial charge in [0.1, 0.15) is 17.4 Å². The van der Waals surface area contributed by atoms with Crippen molar-refractivity contribution in [1.82, 2.24) is 15.3 Å². The molecule has 1 aliphatic carbocycles. The van der Waals surface area contributed by atoms with Gasteiger partial charge in [-0.3, -0.25) is 4.79 Å². The first-order valence-corrected chi connectivity index (χ1v) is 11.7. The summed E-state index contributed by atoms with van der Waals surface area (Å²) < 4.78 is 45.8. The lowest BCUT2D eigenvalue weighted by Crippen LogP contribution is -2.36. The highest BCUT2D eigenvalue weighted by atomic mass is 19.4. The van der Waals surface area contributed by atoms with Gasteiger partial charge in [-0.15, -0.1) is 0 Å². The maximum absolute atomic E-state index is 13.4. The molecule has 6 nitrogen and oxygen atoms in total. The fraction of sp³-hybridized carbons (Fsp3) is 0.440. The number of nitrogens with one attached hydrogen (secondary N) is 3. The predicted octanol–water partition coefficient (Wildman–Crippen LogP) is 5.72. The van der Waals surface area contributed by atoms with Gasteiger partial charge < -0.3 is 20.4 Å². The van der Waals surface area contributed by atoms with Crippen LogP contribution in [0.4, 0.5) is 18.9 Å². The maximum Gasteiger partial charge on any atom is 0.416 e. The number of amides is 1. The molecule has 3 N–H and O–H groups in total. The van der Waals surface area contributed by atoms with Gasteiger partial charge in [0.15, 0.2) is 6.23 Å². The van der Waals surface area contributed by atoms with E-state index in [0.717, 1.165) is 37.6 Å². The summed E-state index contributed by atoms with van der Waals surface area (Å²) >= 11 is 0. The molecule has 180 valence electrons. The zero-order valence-corrected chi connectivity index (χ0v) is 18.8. The number of hydrogen-bond acceptors (Lipinski definition) is 4. The van der Waals surface area contributed by atoms with Crippen molar-refractivity contribution < 1.29 is 22.7 Å². The van der Waals surface area contributed by atoms with Crippen LogP contribution in [0.1, 0.15) is 72.4 Å². The Morgan fingerprint density at radius 1 is 1.18 bits per heavy atom. The van der Waals surface area contributed by atoms with Crippen LogP contribution in [0.2, 0.25) is 0 Å². The summed E-state index contributed by atoms with van der Waals surface area (Å²) in [5.41, 5.74) is 1.71. The number of aromatic amines is 1. The number of alkyl halides is 3. The monoisotopic (exact) mass is 472 g/mol. The van der Waals surface area contributed by atoms with Crippen molar-refractivity contribution in [2.75, 3.05) is 5.32 Å². The fourth-order valence-corrected chi connectivity index (χ4v) is 4.73. The average molecular weight is 473 g/mol. The molecular formula is C25H27F3N4O2. The summed E-state index contributed by atoms with van der Waals surface area (Å²) in [5, 5.41) is 6.28. The number of halogens is 3. The Balaban J connectivity index is 1.40. The molecule has 2 heterocycles. The van der Waals surface area contributed by atoms with Gasteiger partial charge in [0.2, 0.25) is 0 Å². The third-order valence-corrected chi connectivity index (χ3v) is 6.53. The number of nitrogens with zero attached hydrogens (tertiary/aromatic N) is 1. The number of imidazole rings is 1. The van der Waals surface area contributed by atoms with E-state index in [1.54, 1.807) is 12.1 Å². The lowest BCUT2D eigenvalue weighted by Gasteiger charge is -2.23. The van der Waals surface area contributed by atoms with E-state index in [1.807, 2.05) is 13.0 Å². The van der Waals surface area contributed by atoms with Crippen LogP contribution in [-0.2, 0) is 17.3 Å². The van der Waals surface area contributed by atoms with Crippen molar-refractivity contribution in [3.8, 4) is 0 Å². The minimum absolute atomic E-state index is 0.0960. The number of ether oxygens (including phenoxy) is 1. The lowest BCUT2D eigenvalue weighted by molar-refractivity contribution is -0.138. The Morgan fingerprint density at radius 2 is 1.94 bits per heavy atom. The van der Waals surface area contributed by atoms with Crippen molar-refractivity contribution in [1.29, 1.82) is 0 Å². The second-order valence-electron chi connectivity index (χ2n) is 8.97. The van der Waals surface area contributed by atoms with Crippen LogP contribution in [0.3, 0.4) is 0 Å². The molecule has 5 rings (SSSR count). The van der Waals surface area contributed by atoms with Crippen LogP contribution in [0.15, 0.2) is 36.4 Å². The van der Waals surface area contributed by atoms with Crippen LogP contribution in [0.5, 0.6) is 0 Å². The Bertz CT molecular complexity index is 1200. The molecule has 0 bridgehead atoms. The first kappa shape index (κ1) is 22.7. The van der Waals surface area contributed by atoms with E-state index in [-0.39, 0.29) is 17.5 Å². The molecule has 1 aromatic heterocycles. The third kappa shape index (κ3) is 4.61. The SMILES string of the molecule is CCc1nc2c(C(=O)NC3CCCCC3)cc(NC3OC3c3ccccc3C(F)(F)F)cc2[nH]1. The van der Waals surface area contributed by atoms with E-state index in [2.05, 4.69) is 20.6 Å². The highest BCUT2D eigenvalue weighted by molar-refractivity contribution is 6.06. The molecule has 9 heteroatoms. The van der Waals surface area contributed by atoms with E-state index in [4.69, 9.17) is 4.74 Å². The smallest absolute Gasteiger partial charge is 0.358 e. The number of aromatic nitrogens is 2. The Labute approximate surface area is 195 Å². The second kappa shape index (κ2) is 8.94. The first-order chi connectivity index (χ1) is 16.3. The van der Waals surface area contributed by atoms with E-state index in [1.165, 1.54) is 18.6 Å². The number of carbonyl (C=O) groups is 1. The van der Waals surface area contributed by atoms with Crippen LogP contribution in [0.25, 0.3) is 11.0 Å². The summed E-state index contributed by atoms with van der Waals surface area (Å²) in [7, 11) is 0. The molecule has 2 fully saturated rings. The molecule has 2 aromatic carbocycles. The summed E-state index contributed by atoms with van der Waals surface area (Å²) in [6.07, 6.45) is 0.202. The van der Waals surface area contributed by atoms with Crippen molar-refractivity contribution >= 4 is 22.6 Å². The standard InChI is InChI=1S/C25H27F3N4O2/c1-2-20-31-19-13-15(12-17(21(19)32-20)23(33)29-14-8-4-3-5-9-14)30-24-22(34-24)16-10-6-7-11-18(16)25(26,27)28/h6-7,10-14,22,24,30H,2-5,8-9H2,1H3,(H,29,33)(H,31,32). The number of fused-ring (bicyclic) bond motifs is 1. The zero-order chi connectivity index (χ0) is 23.9. The summed E-state index contributed by atoms with van der Waals surface area (Å²) in [5.74, 6) is 0.573. The van der Waals surface area contributed by atoms with E-state index in [0.29, 0.717) is 28.7 Å². The van der Waals surface area contributed by atoms with Gasteiger partial charge in [0.05, 0.1) is 16.6 Å². The van der Waals surface area contributed by atoms with Crippen LogP contribution in [0, 0.1) is 0 Å². The number of hydrogen-bond donors (Lipinski definition) is 3. The largest absolute Gasteiger partial charge is 0.416 e. The number of carbonyl (C=O) groups excluding carboxylic acids is 1. The van der Waals surface area contributed by atoms with E-state index >= 15 is 0 Å². The molecule has 0 radical (unpaired) electrons. The molecule has 0 spiro atoms. The molecule has 1 saturated heterocycles. The van der Waals surface area contributed by atoms with Crippen molar-refractivity contribution in [2.24, 2.45) is 0 Å². The molecule has 2 aliphatic rings. The zero-order valence-electron chi connectivity index (χ0n) is 18.8. The molecule has 1 amide bonds. The van der Waals surface area contributed by atoms with Gasteiger partial charge in [0, 0.05) is 18.2 Å². The van der Waals surface area contributed by atoms with E-state index < -0.39 is 24.1 Å². The second-order valence-corrected chi connectivity index (χ2v) is 8.97. The van der Waals surface area contributed by atoms with Gasteiger partial charge in [-0.25, -0.2) is 4.98 Å². The quantitative estimate of drug-likeness (QED) is 0.401. The molecule has 2 atom stereocenters.